The molecule has 1 aromatic rings. The highest BCUT2D eigenvalue weighted by Crippen LogP contribution is 2.15. The molecule has 0 fully saturated rings. The Morgan fingerprint density at radius 1 is 1.54 bits per heavy atom. The quantitative estimate of drug-likeness (QED) is 0.751. The summed E-state index contributed by atoms with van der Waals surface area (Å²) >= 11 is 0. The summed E-state index contributed by atoms with van der Waals surface area (Å²) in [7, 11) is 1.81. The maximum atomic E-state index is 13.1. The van der Waals surface area contributed by atoms with Crippen LogP contribution in [-0.4, -0.2) is 7.05 Å². The lowest BCUT2D eigenvalue weighted by molar-refractivity contribution is 0.605. The van der Waals surface area contributed by atoms with Crippen molar-refractivity contribution in [3.8, 4) is 6.07 Å². The Morgan fingerprint density at radius 3 is 2.69 bits per heavy atom. The predicted molar refractivity (Wildman–Crippen MR) is 48.6 cm³/mol. The van der Waals surface area contributed by atoms with E-state index in [4.69, 9.17) is 5.26 Å². The van der Waals surface area contributed by atoms with Gasteiger partial charge in [-0.15, -0.1) is 0 Å². The van der Waals surface area contributed by atoms with Crippen LogP contribution in [0.25, 0.3) is 0 Å². The molecular formula is C10H11FN2. The zero-order chi connectivity index (χ0) is 9.84. The molecule has 0 aromatic heterocycles. The summed E-state index contributed by atoms with van der Waals surface area (Å²) in [5.41, 5.74) is 0.936. The van der Waals surface area contributed by atoms with Crippen molar-refractivity contribution in [2.75, 3.05) is 7.05 Å². The fourth-order valence-electron chi connectivity index (χ4n) is 1.06. The minimum atomic E-state index is -0.456. The number of rotatable bonds is 2. The van der Waals surface area contributed by atoms with Gasteiger partial charge in [-0.05, 0) is 31.7 Å². The van der Waals surface area contributed by atoms with Gasteiger partial charge in [-0.25, -0.2) is 4.39 Å². The fraction of sp³-hybridized carbons (Fsp3) is 0.300. The van der Waals surface area contributed by atoms with Crippen molar-refractivity contribution >= 4 is 0 Å². The first-order chi connectivity index (χ1) is 6.19. The molecule has 0 aliphatic rings. The normalized spacial score (nSPS) is 12.2. The van der Waals surface area contributed by atoms with Crippen molar-refractivity contribution in [2.45, 2.75) is 13.0 Å². The Bertz CT molecular complexity index is 341. The summed E-state index contributed by atoms with van der Waals surface area (Å²) in [4.78, 5) is 0. The second kappa shape index (κ2) is 4.01. The van der Waals surface area contributed by atoms with E-state index < -0.39 is 5.82 Å². The molecule has 1 atom stereocenters. The highest BCUT2D eigenvalue weighted by molar-refractivity contribution is 5.34. The molecule has 1 rings (SSSR count). The SMILES string of the molecule is CN[C@H](C)c1ccc(C#N)c(F)c1. The minimum absolute atomic E-state index is 0.0899. The van der Waals surface area contributed by atoms with Gasteiger partial charge in [-0.3, -0.25) is 0 Å². The molecule has 3 heteroatoms. The molecule has 13 heavy (non-hydrogen) atoms. The van der Waals surface area contributed by atoms with Crippen LogP contribution in [0.3, 0.4) is 0 Å². The number of nitrogens with one attached hydrogen (secondary N) is 1. The number of halogens is 1. The maximum Gasteiger partial charge on any atom is 0.141 e. The van der Waals surface area contributed by atoms with E-state index in [0.29, 0.717) is 0 Å². The summed E-state index contributed by atoms with van der Waals surface area (Å²) in [6.45, 7) is 1.93. The van der Waals surface area contributed by atoms with Crippen molar-refractivity contribution in [2.24, 2.45) is 0 Å². The molecule has 1 aromatic carbocycles. The van der Waals surface area contributed by atoms with Crippen LogP contribution in [-0.2, 0) is 0 Å². The van der Waals surface area contributed by atoms with Crippen LogP contribution < -0.4 is 5.32 Å². The van der Waals surface area contributed by atoms with E-state index in [1.807, 2.05) is 6.92 Å². The Morgan fingerprint density at radius 2 is 2.23 bits per heavy atom. The van der Waals surface area contributed by atoms with Crippen LogP contribution in [0.4, 0.5) is 4.39 Å². The van der Waals surface area contributed by atoms with E-state index in [0.717, 1.165) is 5.56 Å². The molecule has 0 bridgehead atoms. The molecule has 1 N–H and O–H groups in total. The van der Waals surface area contributed by atoms with E-state index in [1.165, 1.54) is 12.1 Å². The highest BCUT2D eigenvalue weighted by Gasteiger charge is 2.06. The van der Waals surface area contributed by atoms with Gasteiger partial charge >= 0.3 is 0 Å². The van der Waals surface area contributed by atoms with Gasteiger partial charge in [0.25, 0.3) is 0 Å². The van der Waals surface area contributed by atoms with Crippen molar-refractivity contribution in [1.29, 1.82) is 5.26 Å². The van der Waals surface area contributed by atoms with Crippen LogP contribution in [0.5, 0.6) is 0 Å². The van der Waals surface area contributed by atoms with Gasteiger partial charge < -0.3 is 5.32 Å². The van der Waals surface area contributed by atoms with Crippen molar-refractivity contribution in [1.82, 2.24) is 5.32 Å². The summed E-state index contributed by atoms with van der Waals surface area (Å²) in [5.74, 6) is -0.456. The smallest absolute Gasteiger partial charge is 0.141 e. The zero-order valence-electron chi connectivity index (χ0n) is 7.63. The molecular weight excluding hydrogens is 167 g/mol. The molecule has 0 heterocycles. The number of hydrogen-bond acceptors (Lipinski definition) is 2. The van der Waals surface area contributed by atoms with Crippen LogP contribution in [0.2, 0.25) is 0 Å². The maximum absolute atomic E-state index is 13.1. The minimum Gasteiger partial charge on any atom is -0.313 e. The molecule has 0 saturated carbocycles. The van der Waals surface area contributed by atoms with Gasteiger partial charge in [0, 0.05) is 6.04 Å². The van der Waals surface area contributed by atoms with Crippen LogP contribution in [0.15, 0.2) is 18.2 Å². The van der Waals surface area contributed by atoms with Crippen molar-refractivity contribution in [3.63, 3.8) is 0 Å². The first-order valence-electron chi connectivity index (χ1n) is 4.06. The van der Waals surface area contributed by atoms with Crippen LogP contribution in [0, 0.1) is 17.1 Å². The van der Waals surface area contributed by atoms with E-state index in [-0.39, 0.29) is 11.6 Å². The molecule has 0 amide bonds. The summed E-state index contributed by atoms with van der Waals surface area (Å²) < 4.78 is 13.1. The summed E-state index contributed by atoms with van der Waals surface area (Å²) in [6, 6.07) is 6.52. The lowest BCUT2D eigenvalue weighted by Crippen LogP contribution is -2.12. The molecule has 0 saturated heterocycles. The average molecular weight is 178 g/mol. The van der Waals surface area contributed by atoms with E-state index in [2.05, 4.69) is 5.32 Å². The molecule has 0 unspecified atom stereocenters. The number of benzene rings is 1. The number of nitriles is 1. The first-order valence-corrected chi connectivity index (χ1v) is 4.06. The molecule has 68 valence electrons. The highest BCUT2D eigenvalue weighted by atomic mass is 19.1. The Labute approximate surface area is 77.0 Å². The molecule has 0 spiro atoms. The predicted octanol–water partition coefficient (Wildman–Crippen LogP) is 1.98. The topological polar surface area (TPSA) is 35.8 Å². The largest absolute Gasteiger partial charge is 0.313 e. The van der Waals surface area contributed by atoms with Gasteiger partial charge in [0.2, 0.25) is 0 Å². The van der Waals surface area contributed by atoms with E-state index in [1.54, 1.807) is 19.2 Å². The molecule has 0 radical (unpaired) electrons. The molecule has 0 aliphatic heterocycles. The van der Waals surface area contributed by atoms with Crippen LogP contribution in [0.1, 0.15) is 24.1 Å². The third-order valence-corrected chi connectivity index (χ3v) is 2.05. The summed E-state index contributed by atoms with van der Waals surface area (Å²) in [6.07, 6.45) is 0. The van der Waals surface area contributed by atoms with E-state index in [9.17, 15) is 4.39 Å². The monoisotopic (exact) mass is 178 g/mol. The second-order valence-corrected chi connectivity index (χ2v) is 2.86. The summed E-state index contributed by atoms with van der Waals surface area (Å²) in [5, 5.41) is 11.5. The van der Waals surface area contributed by atoms with Crippen molar-refractivity contribution < 1.29 is 4.39 Å². The van der Waals surface area contributed by atoms with Gasteiger partial charge in [0.1, 0.15) is 11.9 Å². The lowest BCUT2D eigenvalue weighted by Gasteiger charge is -2.10. The van der Waals surface area contributed by atoms with Crippen LogP contribution >= 0.6 is 0 Å². The first kappa shape index (κ1) is 9.69. The van der Waals surface area contributed by atoms with Crippen molar-refractivity contribution in [3.05, 3.63) is 35.1 Å². The average Bonchev–Trinajstić information content (AvgIpc) is 2.16. The third-order valence-electron chi connectivity index (χ3n) is 2.05. The number of nitrogens with zero attached hydrogens (tertiary/aromatic N) is 1. The van der Waals surface area contributed by atoms with Gasteiger partial charge in [0.15, 0.2) is 0 Å². The number of hydrogen-bond donors (Lipinski definition) is 1. The van der Waals surface area contributed by atoms with Gasteiger partial charge in [-0.1, -0.05) is 6.07 Å². The Kier molecular flexibility index (Phi) is 2.99. The standard InChI is InChI=1S/C10H11FN2/c1-7(13-2)8-3-4-9(6-12)10(11)5-8/h3-5,7,13H,1-2H3/t7-/m1/s1. The lowest BCUT2D eigenvalue weighted by atomic mass is 10.1. The third kappa shape index (κ3) is 2.04. The molecule has 0 aliphatic carbocycles. The second-order valence-electron chi connectivity index (χ2n) is 2.86. The van der Waals surface area contributed by atoms with Gasteiger partial charge in [-0.2, -0.15) is 5.26 Å². The van der Waals surface area contributed by atoms with E-state index >= 15 is 0 Å². The Balaban J connectivity index is 3.04. The zero-order valence-corrected chi connectivity index (χ0v) is 7.63. The molecule has 2 nitrogen and oxygen atoms in total. The fourth-order valence-corrected chi connectivity index (χ4v) is 1.06. The van der Waals surface area contributed by atoms with Gasteiger partial charge in [0.05, 0.1) is 5.56 Å². The Hall–Kier alpha value is -1.40.